The first kappa shape index (κ1) is 15.6. The average Bonchev–Trinajstić information content (AvgIpc) is 3.06. The summed E-state index contributed by atoms with van der Waals surface area (Å²) in [5, 5.41) is 2.74. The Bertz CT molecular complexity index is 645. The molecule has 1 aliphatic heterocycles. The van der Waals surface area contributed by atoms with Gasteiger partial charge >= 0.3 is 0 Å². The van der Waals surface area contributed by atoms with Crippen LogP contribution in [0.2, 0.25) is 0 Å². The van der Waals surface area contributed by atoms with Gasteiger partial charge in [0.25, 0.3) is 0 Å². The van der Waals surface area contributed by atoms with Gasteiger partial charge in [-0.15, -0.1) is 0 Å². The van der Waals surface area contributed by atoms with Crippen LogP contribution in [0.5, 0.6) is 0 Å². The number of carbonyl (C=O) groups is 1. The lowest BCUT2D eigenvalue weighted by Gasteiger charge is -2.31. The number of aromatic amines is 1. The molecular formula is C15H20N6O2. The van der Waals surface area contributed by atoms with Gasteiger partial charge in [0.1, 0.15) is 6.10 Å². The van der Waals surface area contributed by atoms with E-state index < -0.39 is 0 Å². The van der Waals surface area contributed by atoms with E-state index in [9.17, 15) is 4.79 Å². The topological polar surface area (TPSA) is 96.0 Å². The van der Waals surface area contributed by atoms with Crippen molar-refractivity contribution in [3.8, 4) is 0 Å². The first-order chi connectivity index (χ1) is 11.2. The monoisotopic (exact) mass is 316 g/mol. The first-order valence-electron chi connectivity index (χ1n) is 7.58. The highest BCUT2D eigenvalue weighted by Crippen LogP contribution is 2.20. The minimum atomic E-state index is -0.163. The number of H-pyrrole nitrogens is 1. The molecular weight excluding hydrogens is 296 g/mol. The quantitative estimate of drug-likeness (QED) is 0.829. The minimum absolute atomic E-state index is 0.0789. The molecule has 0 aromatic carbocycles. The molecule has 0 saturated carbocycles. The lowest BCUT2D eigenvalue weighted by Crippen LogP contribution is -2.38. The van der Waals surface area contributed by atoms with Gasteiger partial charge in [0.05, 0.1) is 25.2 Å². The molecule has 1 unspecified atom stereocenters. The molecule has 2 N–H and O–H groups in total. The van der Waals surface area contributed by atoms with Crippen molar-refractivity contribution in [2.45, 2.75) is 26.1 Å². The highest BCUT2D eigenvalue weighted by Gasteiger charge is 2.24. The lowest BCUT2D eigenvalue weighted by atomic mass is 10.2. The summed E-state index contributed by atoms with van der Waals surface area (Å²) in [5.41, 5.74) is 1.85. The van der Waals surface area contributed by atoms with E-state index in [0.717, 1.165) is 31.0 Å². The highest BCUT2D eigenvalue weighted by molar-refractivity contribution is 5.72. The Hall–Kier alpha value is -2.32. The Kier molecular flexibility index (Phi) is 4.94. The summed E-state index contributed by atoms with van der Waals surface area (Å²) in [6.07, 6.45) is 5.05. The smallest absolute Gasteiger partial charge is 0.217 e. The lowest BCUT2D eigenvalue weighted by molar-refractivity contribution is -0.119. The van der Waals surface area contributed by atoms with Gasteiger partial charge in [-0.05, 0) is 6.07 Å². The van der Waals surface area contributed by atoms with Gasteiger partial charge in [-0.1, -0.05) is 0 Å². The third-order valence-corrected chi connectivity index (χ3v) is 3.64. The zero-order valence-corrected chi connectivity index (χ0v) is 13.0. The maximum atomic E-state index is 11.0. The van der Waals surface area contributed by atoms with E-state index in [1.807, 2.05) is 6.20 Å². The van der Waals surface area contributed by atoms with E-state index in [2.05, 4.69) is 30.2 Å². The summed E-state index contributed by atoms with van der Waals surface area (Å²) in [6, 6.07) is 1.80. The van der Waals surface area contributed by atoms with E-state index in [-0.39, 0.29) is 12.0 Å². The number of nitrogens with one attached hydrogen (secondary N) is 2. The van der Waals surface area contributed by atoms with Gasteiger partial charge in [0.15, 0.2) is 5.82 Å². The van der Waals surface area contributed by atoms with Gasteiger partial charge in [-0.3, -0.25) is 9.69 Å². The molecule has 3 heterocycles. The molecule has 2 aromatic heterocycles. The molecule has 0 spiro atoms. The Morgan fingerprint density at radius 3 is 3.26 bits per heavy atom. The molecule has 0 aliphatic carbocycles. The molecule has 122 valence electrons. The van der Waals surface area contributed by atoms with Crippen molar-refractivity contribution < 1.29 is 9.53 Å². The predicted molar refractivity (Wildman–Crippen MR) is 82.1 cm³/mol. The Morgan fingerprint density at radius 1 is 1.57 bits per heavy atom. The van der Waals surface area contributed by atoms with Gasteiger partial charge in [-0.2, -0.15) is 0 Å². The number of aromatic nitrogens is 4. The number of hydrogen-bond donors (Lipinski definition) is 2. The Morgan fingerprint density at radius 2 is 2.48 bits per heavy atom. The van der Waals surface area contributed by atoms with E-state index >= 15 is 0 Å². The molecule has 1 fully saturated rings. The molecule has 23 heavy (non-hydrogen) atoms. The van der Waals surface area contributed by atoms with Gasteiger partial charge in [0, 0.05) is 44.6 Å². The number of amides is 1. The van der Waals surface area contributed by atoms with Crippen LogP contribution in [0, 0.1) is 0 Å². The third kappa shape index (κ3) is 4.33. The minimum Gasteiger partial charge on any atom is -0.368 e. The number of rotatable bonds is 5. The molecule has 2 aromatic rings. The fraction of sp³-hybridized carbons (Fsp3) is 0.467. The SMILES string of the molecule is CC(=O)NCc1ccnc(C2CN(Cc3cnc[nH]3)CCO2)n1. The summed E-state index contributed by atoms with van der Waals surface area (Å²) in [4.78, 5) is 29.3. The second-order valence-electron chi connectivity index (χ2n) is 5.49. The number of carbonyl (C=O) groups excluding carboxylic acids is 1. The molecule has 0 bridgehead atoms. The molecule has 3 rings (SSSR count). The number of morpholine rings is 1. The van der Waals surface area contributed by atoms with E-state index in [0.29, 0.717) is 19.0 Å². The van der Waals surface area contributed by atoms with Crippen LogP contribution >= 0.6 is 0 Å². The summed E-state index contributed by atoms with van der Waals surface area (Å²) < 4.78 is 5.81. The van der Waals surface area contributed by atoms with Crippen LogP contribution in [0.1, 0.15) is 30.2 Å². The molecule has 8 nitrogen and oxygen atoms in total. The molecule has 1 saturated heterocycles. The van der Waals surface area contributed by atoms with Crippen LogP contribution in [0.15, 0.2) is 24.8 Å². The van der Waals surface area contributed by atoms with E-state index in [1.54, 1.807) is 18.6 Å². The van der Waals surface area contributed by atoms with Crippen LogP contribution in [0.3, 0.4) is 0 Å². The van der Waals surface area contributed by atoms with Crippen molar-refractivity contribution in [1.29, 1.82) is 0 Å². The van der Waals surface area contributed by atoms with E-state index in [1.165, 1.54) is 6.92 Å². The first-order valence-corrected chi connectivity index (χ1v) is 7.58. The average molecular weight is 316 g/mol. The number of nitrogens with zero attached hydrogens (tertiary/aromatic N) is 4. The predicted octanol–water partition coefficient (Wildman–Crippen LogP) is 0.409. The second-order valence-corrected chi connectivity index (χ2v) is 5.49. The Balaban J connectivity index is 1.63. The highest BCUT2D eigenvalue weighted by atomic mass is 16.5. The molecule has 1 atom stereocenters. The Labute approximate surface area is 134 Å². The largest absolute Gasteiger partial charge is 0.368 e. The van der Waals surface area contributed by atoms with Crippen molar-refractivity contribution in [3.63, 3.8) is 0 Å². The van der Waals surface area contributed by atoms with Crippen molar-refractivity contribution in [2.24, 2.45) is 0 Å². The number of hydrogen-bond acceptors (Lipinski definition) is 6. The summed E-state index contributed by atoms with van der Waals surface area (Å²) in [6.45, 7) is 4.91. The van der Waals surface area contributed by atoms with Crippen LogP contribution in [0.25, 0.3) is 0 Å². The van der Waals surface area contributed by atoms with Gasteiger partial charge < -0.3 is 15.0 Å². The van der Waals surface area contributed by atoms with Crippen molar-refractivity contribution >= 4 is 5.91 Å². The van der Waals surface area contributed by atoms with Crippen molar-refractivity contribution in [2.75, 3.05) is 19.7 Å². The standard InChI is InChI=1S/C15H20N6O2/c1-11(22)18-7-12-2-3-17-15(20-12)14-9-21(4-5-23-14)8-13-6-16-10-19-13/h2-3,6,10,14H,4-5,7-9H2,1H3,(H,16,19)(H,18,22). The number of ether oxygens (including phenoxy) is 1. The molecule has 1 amide bonds. The summed E-state index contributed by atoms with van der Waals surface area (Å²) in [5.74, 6) is 0.576. The van der Waals surface area contributed by atoms with Crippen LogP contribution in [0.4, 0.5) is 0 Å². The zero-order valence-electron chi connectivity index (χ0n) is 13.0. The third-order valence-electron chi connectivity index (χ3n) is 3.64. The van der Waals surface area contributed by atoms with Crippen molar-refractivity contribution in [1.82, 2.24) is 30.2 Å². The van der Waals surface area contributed by atoms with Crippen LogP contribution in [-0.2, 0) is 22.6 Å². The fourth-order valence-electron chi connectivity index (χ4n) is 2.50. The summed E-state index contributed by atoms with van der Waals surface area (Å²) >= 11 is 0. The maximum absolute atomic E-state index is 11.0. The maximum Gasteiger partial charge on any atom is 0.217 e. The zero-order chi connectivity index (χ0) is 16.1. The summed E-state index contributed by atoms with van der Waals surface area (Å²) in [7, 11) is 0. The van der Waals surface area contributed by atoms with Crippen molar-refractivity contribution in [3.05, 3.63) is 42.0 Å². The van der Waals surface area contributed by atoms with Crippen LogP contribution < -0.4 is 5.32 Å². The molecule has 8 heteroatoms. The second kappa shape index (κ2) is 7.30. The normalized spacial score (nSPS) is 18.7. The van der Waals surface area contributed by atoms with Gasteiger partial charge in [0.2, 0.25) is 5.91 Å². The van der Waals surface area contributed by atoms with E-state index in [4.69, 9.17) is 4.74 Å². The number of imidazole rings is 1. The molecule has 1 aliphatic rings. The van der Waals surface area contributed by atoms with Crippen LogP contribution in [-0.4, -0.2) is 50.4 Å². The fourth-order valence-corrected chi connectivity index (χ4v) is 2.50. The van der Waals surface area contributed by atoms with Gasteiger partial charge in [-0.25, -0.2) is 15.0 Å². The molecule has 0 radical (unpaired) electrons.